The molecule has 0 aliphatic carbocycles. The van der Waals surface area contributed by atoms with Crippen LogP contribution in [0.1, 0.15) is 19.4 Å². The summed E-state index contributed by atoms with van der Waals surface area (Å²) in [6.45, 7) is 4.28. The maximum atomic E-state index is 13.0. The second-order valence-electron chi connectivity index (χ2n) is 3.88. The van der Waals surface area contributed by atoms with Crippen molar-refractivity contribution in [3.8, 4) is 0 Å². The summed E-state index contributed by atoms with van der Waals surface area (Å²) in [5.74, 6) is 0.280. The molecule has 1 N–H and O–H groups in total. The number of benzene rings is 1. The first kappa shape index (κ1) is 9.25. The van der Waals surface area contributed by atoms with Crippen molar-refractivity contribution in [2.75, 3.05) is 5.32 Å². The van der Waals surface area contributed by atoms with Crippen LogP contribution in [0.25, 0.3) is 6.08 Å². The number of fused-ring (bicyclic) bond motifs is 1. The Morgan fingerprint density at radius 3 is 2.86 bits per heavy atom. The lowest BCUT2D eigenvalue weighted by atomic mass is 10.0. The molecular formula is C12H14FN. The lowest BCUT2D eigenvalue weighted by molar-refractivity contribution is 0.620. The molecular weight excluding hydrogens is 177 g/mol. The number of rotatable bonds is 0. The highest BCUT2D eigenvalue weighted by Gasteiger charge is 2.14. The van der Waals surface area contributed by atoms with Crippen LogP contribution in [0, 0.1) is 11.7 Å². The first-order valence-corrected chi connectivity index (χ1v) is 4.91. The molecule has 2 heteroatoms. The van der Waals surface area contributed by atoms with Crippen molar-refractivity contribution in [1.82, 2.24) is 0 Å². The van der Waals surface area contributed by atoms with Gasteiger partial charge in [-0.05, 0) is 31.0 Å². The quantitative estimate of drug-likeness (QED) is 0.663. The maximum absolute atomic E-state index is 13.0. The van der Waals surface area contributed by atoms with E-state index in [1.165, 1.54) is 6.07 Å². The summed E-state index contributed by atoms with van der Waals surface area (Å²) in [6, 6.07) is 5.23. The Kier molecular flexibility index (Phi) is 2.28. The van der Waals surface area contributed by atoms with E-state index in [0.717, 1.165) is 11.3 Å². The van der Waals surface area contributed by atoms with Gasteiger partial charge in [0.15, 0.2) is 0 Å². The molecule has 2 atom stereocenters. The predicted molar refractivity (Wildman–Crippen MR) is 57.7 cm³/mol. The number of nitrogens with one attached hydrogen (secondary N) is 1. The van der Waals surface area contributed by atoms with E-state index >= 15 is 0 Å². The topological polar surface area (TPSA) is 12.0 Å². The van der Waals surface area contributed by atoms with Gasteiger partial charge in [-0.25, -0.2) is 4.39 Å². The lowest BCUT2D eigenvalue weighted by Gasteiger charge is -2.17. The smallest absolute Gasteiger partial charge is 0.123 e. The lowest BCUT2D eigenvalue weighted by Crippen LogP contribution is -2.21. The molecule has 0 spiro atoms. The van der Waals surface area contributed by atoms with Gasteiger partial charge in [-0.3, -0.25) is 0 Å². The van der Waals surface area contributed by atoms with Crippen LogP contribution in [0.5, 0.6) is 0 Å². The summed E-state index contributed by atoms with van der Waals surface area (Å²) in [5.41, 5.74) is 1.95. The van der Waals surface area contributed by atoms with Crippen LogP contribution in [0.2, 0.25) is 0 Å². The zero-order valence-corrected chi connectivity index (χ0v) is 8.42. The van der Waals surface area contributed by atoms with Crippen LogP contribution in [-0.2, 0) is 0 Å². The normalized spacial score (nSPS) is 25.1. The standard InChI is InChI=1S/C12H14FN/c1-8-3-4-10-7-11(13)5-6-12(10)14-9(8)2/h3-9,14H,1-2H3/t8-,9+/m0/s1. The number of hydrogen-bond donors (Lipinski definition) is 1. The van der Waals surface area contributed by atoms with E-state index in [2.05, 4.69) is 25.2 Å². The molecule has 0 radical (unpaired) electrons. The minimum absolute atomic E-state index is 0.183. The van der Waals surface area contributed by atoms with Crippen molar-refractivity contribution in [2.45, 2.75) is 19.9 Å². The van der Waals surface area contributed by atoms with Crippen LogP contribution in [-0.4, -0.2) is 6.04 Å². The molecule has 1 aromatic carbocycles. The molecule has 74 valence electrons. The van der Waals surface area contributed by atoms with Crippen molar-refractivity contribution >= 4 is 11.8 Å². The number of anilines is 1. The van der Waals surface area contributed by atoms with Gasteiger partial charge in [-0.15, -0.1) is 0 Å². The van der Waals surface area contributed by atoms with Gasteiger partial charge < -0.3 is 5.32 Å². The molecule has 0 aromatic heterocycles. The van der Waals surface area contributed by atoms with E-state index in [9.17, 15) is 4.39 Å². The largest absolute Gasteiger partial charge is 0.382 e. The molecule has 0 saturated heterocycles. The van der Waals surface area contributed by atoms with E-state index in [1.54, 1.807) is 12.1 Å². The number of halogens is 1. The van der Waals surface area contributed by atoms with E-state index in [4.69, 9.17) is 0 Å². The molecule has 2 rings (SSSR count). The van der Waals surface area contributed by atoms with Crippen molar-refractivity contribution < 1.29 is 4.39 Å². The van der Waals surface area contributed by atoms with Gasteiger partial charge in [-0.2, -0.15) is 0 Å². The van der Waals surface area contributed by atoms with Gasteiger partial charge in [-0.1, -0.05) is 19.1 Å². The fourth-order valence-electron chi connectivity index (χ4n) is 1.60. The highest BCUT2D eigenvalue weighted by Crippen LogP contribution is 2.25. The summed E-state index contributed by atoms with van der Waals surface area (Å²) in [4.78, 5) is 0. The first-order valence-electron chi connectivity index (χ1n) is 4.91. The predicted octanol–water partition coefficient (Wildman–Crippen LogP) is 3.29. The summed E-state index contributed by atoms with van der Waals surface area (Å²) in [5, 5.41) is 3.37. The van der Waals surface area contributed by atoms with Gasteiger partial charge in [0, 0.05) is 17.3 Å². The summed E-state index contributed by atoms with van der Waals surface area (Å²) >= 11 is 0. The highest BCUT2D eigenvalue weighted by molar-refractivity contribution is 5.68. The summed E-state index contributed by atoms with van der Waals surface area (Å²) in [7, 11) is 0. The van der Waals surface area contributed by atoms with Crippen LogP contribution < -0.4 is 5.32 Å². The average Bonchev–Trinajstić information content (AvgIpc) is 2.29. The zero-order chi connectivity index (χ0) is 10.1. The molecule has 1 aliphatic rings. The Morgan fingerprint density at radius 2 is 2.07 bits per heavy atom. The van der Waals surface area contributed by atoms with Gasteiger partial charge in [0.2, 0.25) is 0 Å². The molecule has 1 aliphatic heterocycles. The minimum Gasteiger partial charge on any atom is -0.382 e. The Hall–Kier alpha value is -1.31. The maximum Gasteiger partial charge on any atom is 0.123 e. The number of hydrogen-bond acceptors (Lipinski definition) is 1. The Balaban J connectivity index is 2.43. The average molecular weight is 191 g/mol. The third kappa shape index (κ3) is 1.65. The van der Waals surface area contributed by atoms with Crippen molar-refractivity contribution in [1.29, 1.82) is 0 Å². The molecule has 1 nitrogen and oxygen atoms in total. The third-order valence-electron chi connectivity index (χ3n) is 2.76. The van der Waals surface area contributed by atoms with E-state index in [-0.39, 0.29) is 5.82 Å². The highest BCUT2D eigenvalue weighted by atomic mass is 19.1. The van der Waals surface area contributed by atoms with Gasteiger partial charge in [0.1, 0.15) is 5.82 Å². The van der Waals surface area contributed by atoms with Gasteiger partial charge >= 0.3 is 0 Å². The summed E-state index contributed by atoms with van der Waals surface area (Å²) < 4.78 is 13.0. The molecule has 14 heavy (non-hydrogen) atoms. The second kappa shape index (κ2) is 3.45. The second-order valence-corrected chi connectivity index (χ2v) is 3.88. The van der Waals surface area contributed by atoms with E-state index in [0.29, 0.717) is 12.0 Å². The van der Waals surface area contributed by atoms with E-state index < -0.39 is 0 Å². The summed E-state index contributed by atoms with van der Waals surface area (Å²) in [6.07, 6.45) is 4.10. The van der Waals surface area contributed by atoms with E-state index in [1.807, 2.05) is 6.08 Å². The molecule has 0 bridgehead atoms. The SMILES string of the molecule is C[C@H]1C=Cc2cc(F)ccc2N[C@@H]1C. The van der Waals surface area contributed by atoms with Crippen LogP contribution in [0.15, 0.2) is 24.3 Å². The molecule has 0 unspecified atom stereocenters. The van der Waals surface area contributed by atoms with Crippen molar-refractivity contribution in [2.24, 2.45) is 5.92 Å². The Labute approximate surface area is 83.6 Å². The van der Waals surface area contributed by atoms with Crippen molar-refractivity contribution in [3.63, 3.8) is 0 Å². The molecule has 1 heterocycles. The zero-order valence-electron chi connectivity index (χ0n) is 8.42. The van der Waals surface area contributed by atoms with Crippen LogP contribution in [0.3, 0.4) is 0 Å². The first-order chi connectivity index (χ1) is 6.66. The van der Waals surface area contributed by atoms with Gasteiger partial charge in [0.05, 0.1) is 0 Å². The monoisotopic (exact) mass is 191 g/mol. The fourth-order valence-corrected chi connectivity index (χ4v) is 1.60. The van der Waals surface area contributed by atoms with Crippen LogP contribution >= 0.6 is 0 Å². The minimum atomic E-state index is -0.183. The molecule has 0 saturated carbocycles. The molecule has 0 amide bonds. The van der Waals surface area contributed by atoms with Gasteiger partial charge in [0.25, 0.3) is 0 Å². The molecule has 0 fully saturated rings. The Morgan fingerprint density at radius 1 is 1.29 bits per heavy atom. The fraction of sp³-hybridized carbons (Fsp3) is 0.333. The Bertz CT molecular complexity index is 371. The van der Waals surface area contributed by atoms with Crippen LogP contribution in [0.4, 0.5) is 10.1 Å². The van der Waals surface area contributed by atoms with Crippen molar-refractivity contribution in [3.05, 3.63) is 35.7 Å². The molecule has 1 aromatic rings. The third-order valence-corrected chi connectivity index (χ3v) is 2.76.